The summed E-state index contributed by atoms with van der Waals surface area (Å²) in [5.74, 6) is 0.413. The summed E-state index contributed by atoms with van der Waals surface area (Å²) < 4.78 is 0. The number of carbonyl (C=O) groups excluding carboxylic acids is 2. The van der Waals surface area contributed by atoms with Crippen molar-refractivity contribution in [3.8, 4) is 0 Å². The number of carbonyl (C=O) groups is 2. The zero-order chi connectivity index (χ0) is 18.9. The van der Waals surface area contributed by atoms with E-state index in [4.69, 9.17) is 0 Å². The maximum Gasteiger partial charge on any atom is 0.237 e. The standard InChI is InChI=1S/C21H26N2O2S/c1-4-19(26-14-20(24)22-16-10-6-5-7-11-16)21(25)23-18-13-9-8-12-17(18)15(2)3/h5-13,15,19H,4,14H2,1-3H3,(H,22,24)(H,23,25). The molecule has 0 aromatic heterocycles. The fraction of sp³-hybridized carbons (Fsp3) is 0.333. The zero-order valence-corrected chi connectivity index (χ0v) is 16.3. The first-order chi connectivity index (χ1) is 12.5. The maximum absolute atomic E-state index is 12.6. The number of amides is 2. The highest BCUT2D eigenvalue weighted by atomic mass is 32.2. The molecule has 26 heavy (non-hydrogen) atoms. The fourth-order valence-corrected chi connectivity index (χ4v) is 3.47. The molecular formula is C21H26N2O2S. The second-order valence-electron chi connectivity index (χ2n) is 6.35. The van der Waals surface area contributed by atoms with Gasteiger partial charge in [-0.15, -0.1) is 11.8 Å². The van der Waals surface area contributed by atoms with Gasteiger partial charge >= 0.3 is 0 Å². The molecule has 0 heterocycles. The SMILES string of the molecule is CCC(SCC(=O)Nc1ccccc1)C(=O)Nc1ccccc1C(C)C. The Hall–Kier alpha value is -2.27. The summed E-state index contributed by atoms with van der Waals surface area (Å²) >= 11 is 1.37. The lowest BCUT2D eigenvalue weighted by Gasteiger charge is -2.18. The summed E-state index contributed by atoms with van der Waals surface area (Å²) in [5, 5.41) is 5.60. The van der Waals surface area contributed by atoms with Crippen molar-refractivity contribution >= 4 is 35.0 Å². The van der Waals surface area contributed by atoms with Crippen molar-refractivity contribution in [3.05, 3.63) is 60.2 Å². The quantitative estimate of drug-likeness (QED) is 0.695. The summed E-state index contributed by atoms with van der Waals surface area (Å²) in [5.41, 5.74) is 2.73. The Labute approximate surface area is 159 Å². The van der Waals surface area contributed by atoms with Crippen molar-refractivity contribution in [2.45, 2.75) is 38.4 Å². The van der Waals surface area contributed by atoms with E-state index in [0.29, 0.717) is 12.3 Å². The molecule has 1 unspecified atom stereocenters. The van der Waals surface area contributed by atoms with Crippen molar-refractivity contribution in [2.24, 2.45) is 0 Å². The van der Waals surface area contributed by atoms with E-state index in [9.17, 15) is 9.59 Å². The van der Waals surface area contributed by atoms with Crippen LogP contribution in [0.25, 0.3) is 0 Å². The molecule has 2 aromatic rings. The molecule has 1 atom stereocenters. The average Bonchev–Trinajstić information content (AvgIpc) is 2.63. The molecule has 0 radical (unpaired) electrons. The molecule has 0 fully saturated rings. The highest BCUT2D eigenvalue weighted by Crippen LogP contribution is 2.25. The Morgan fingerprint density at radius 2 is 1.62 bits per heavy atom. The average molecular weight is 371 g/mol. The number of anilines is 2. The minimum absolute atomic E-state index is 0.0573. The van der Waals surface area contributed by atoms with E-state index in [1.54, 1.807) is 0 Å². The molecule has 4 nitrogen and oxygen atoms in total. The van der Waals surface area contributed by atoms with Crippen LogP contribution in [0.4, 0.5) is 11.4 Å². The summed E-state index contributed by atoms with van der Waals surface area (Å²) in [6, 6.07) is 17.2. The lowest BCUT2D eigenvalue weighted by Crippen LogP contribution is -2.27. The third-order valence-corrected chi connectivity index (χ3v) is 5.36. The van der Waals surface area contributed by atoms with E-state index < -0.39 is 0 Å². The van der Waals surface area contributed by atoms with Gasteiger partial charge in [0.1, 0.15) is 0 Å². The van der Waals surface area contributed by atoms with Crippen molar-refractivity contribution in [3.63, 3.8) is 0 Å². The topological polar surface area (TPSA) is 58.2 Å². The van der Waals surface area contributed by atoms with Crippen LogP contribution in [0.2, 0.25) is 0 Å². The Kier molecular flexibility index (Phi) is 7.73. The van der Waals surface area contributed by atoms with Gasteiger partial charge in [0.15, 0.2) is 0 Å². The van der Waals surface area contributed by atoms with Gasteiger partial charge in [-0.05, 0) is 36.1 Å². The van der Waals surface area contributed by atoms with Gasteiger partial charge in [-0.3, -0.25) is 9.59 Å². The molecule has 138 valence electrons. The van der Waals surface area contributed by atoms with Crippen LogP contribution in [0.15, 0.2) is 54.6 Å². The van der Waals surface area contributed by atoms with E-state index in [2.05, 4.69) is 24.5 Å². The second-order valence-corrected chi connectivity index (χ2v) is 7.54. The minimum atomic E-state index is -0.267. The molecule has 2 aromatic carbocycles. The van der Waals surface area contributed by atoms with E-state index in [-0.39, 0.29) is 22.8 Å². The van der Waals surface area contributed by atoms with Crippen LogP contribution in [0, 0.1) is 0 Å². The predicted molar refractivity (Wildman–Crippen MR) is 111 cm³/mol. The maximum atomic E-state index is 12.6. The summed E-state index contributed by atoms with van der Waals surface area (Å²) in [7, 11) is 0. The van der Waals surface area contributed by atoms with Crippen LogP contribution >= 0.6 is 11.8 Å². The van der Waals surface area contributed by atoms with Crippen LogP contribution in [0.3, 0.4) is 0 Å². The normalized spacial score (nSPS) is 11.8. The molecule has 2 N–H and O–H groups in total. The number of para-hydroxylation sites is 2. The van der Waals surface area contributed by atoms with Crippen LogP contribution in [-0.2, 0) is 9.59 Å². The Balaban J connectivity index is 1.91. The van der Waals surface area contributed by atoms with Crippen LogP contribution in [0.5, 0.6) is 0 Å². The third kappa shape index (κ3) is 5.92. The number of benzene rings is 2. The monoisotopic (exact) mass is 370 g/mol. The zero-order valence-electron chi connectivity index (χ0n) is 15.5. The summed E-state index contributed by atoms with van der Waals surface area (Å²) in [4.78, 5) is 24.7. The smallest absolute Gasteiger partial charge is 0.237 e. The van der Waals surface area contributed by atoms with Crippen molar-refractivity contribution < 1.29 is 9.59 Å². The second kappa shape index (κ2) is 10.0. The van der Waals surface area contributed by atoms with Crippen LogP contribution < -0.4 is 10.6 Å². The summed E-state index contributed by atoms with van der Waals surface area (Å²) in [6.07, 6.45) is 0.666. The number of nitrogens with one attached hydrogen (secondary N) is 2. The highest BCUT2D eigenvalue weighted by molar-refractivity contribution is 8.01. The summed E-state index contributed by atoms with van der Waals surface area (Å²) in [6.45, 7) is 6.16. The minimum Gasteiger partial charge on any atom is -0.325 e. The first kappa shape index (κ1) is 20.0. The molecule has 2 rings (SSSR count). The fourth-order valence-electron chi connectivity index (χ4n) is 2.60. The van der Waals surface area contributed by atoms with Gasteiger partial charge < -0.3 is 10.6 Å². The van der Waals surface area contributed by atoms with Gasteiger partial charge in [0, 0.05) is 11.4 Å². The van der Waals surface area contributed by atoms with Crippen LogP contribution in [-0.4, -0.2) is 22.8 Å². The highest BCUT2D eigenvalue weighted by Gasteiger charge is 2.20. The van der Waals surface area contributed by atoms with Gasteiger partial charge in [0.2, 0.25) is 11.8 Å². The molecule has 0 aliphatic heterocycles. The van der Waals surface area contributed by atoms with Gasteiger partial charge in [-0.1, -0.05) is 57.2 Å². The Morgan fingerprint density at radius 1 is 0.962 bits per heavy atom. The van der Waals surface area contributed by atoms with Gasteiger partial charge in [-0.2, -0.15) is 0 Å². The van der Waals surface area contributed by atoms with Crippen LogP contribution in [0.1, 0.15) is 38.7 Å². The van der Waals surface area contributed by atoms with E-state index >= 15 is 0 Å². The lowest BCUT2D eigenvalue weighted by atomic mass is 10.0. The molecule has 0 bridgehead atoms. The molecular weight excluding hydrogens is 344 g/mol. The van der Waals surface area contributed by atoms with E-state index in [1.807, 2.05) is 61.5 Å². The molecule has 0 saturated carbocycles. The molecule has 5 heteroatoms. The molecule has 0 aliphatic rings. The number of thioether (sulfide) groups is 1. The first-order valence-corrected chi connectivity index (χ1v) is 9.92. The van der Waals surface area contributed by atoms with Gasteiger partial charge in [-0.25, -0.2) is 0 Å². The molecule has 0 saturated heterocycles. The molecule has 0 aliphatic carbocycles. The molecule has 2 amide bonds. The largest absolute Gasteiger partial charge is 0.325 e. The van der Waals surface area contributed by atoms with E-state index in [0.717, 1.165) is 16.9 Å². The number of rotatable bonds is 8. The lowest BCUT2D eigenvalue weighted by molar-refractivity contribution is -0.115. The Bertz CT molecular complexity index is 732. The third-order valence-electron chi connectivity index (χ3n) is 3.98. The number of hydrogen-bond acceptors (Lipinski definition) is 3. The van der Waals surface area contributed by atoms with Gasteiger partial charge in [0.25, 0.3) is 0 Å². The Morgan fingerprint density at radius 3 is 2.27 bits per heavy atom. The van der Waals surface area contributed by atoms with Gasteiger partial charge in [0.05, 0.1) is 11.0 Å². The molecule has 0 spiro atoms. The van der Waals surface area contributed by atoms with Crippen molar-refractivity contribution in [1.29, 1.82) is 0 Å². The van der Waals surface area contributed by atoms with E-state index in [1.165, 1.54) is 11.8 Å². The van der Waals surface area contributed by atoms with Crippen molar-refractivity contribution in [2.75, 3.05) is 16.4 Å². The van der Waals surface area contributed by atoms with Crippen molar-refractivity contribution in [1.82, 2.24) is 0 Å². The number of hydrogen-bond donors (Lipinski definition) is 2. The predicted octanol–water partition coefficient (Wildman–Crippen LogP) is 4.90. The first-order valence-electron chi connectivity index (χ1n) is 8.87.